The van der Waals surface area contributed by atoms with Crippen molar-refractivity contribution < 1.29 is 4.79 Å². The smallest absolute Gasteiger partial charge is 0.253 e. The van der Waals surface area contributed by atoms with Crippen LogP contribution < -0.4 is 11.1 Å². The van der Waals surface area contributed by atoms with Crippen LogP contribution in [-0.4, -0.2) is 17.4 Å². The summed E-state index contributed by atoms with van der Waals surface area (Å²) in [5, 5.41) is 2.85. The average molecular weight is 320 g/mol. The number of hydrogen-bond donors (Lipinski definition) is 2. The summed E-state index contributed by atoms with van der Waals surface area (Å²) >= 11 is 3.31. The molecule has 2 rings (SSSR count). The molecule has 0 aliphatic carbocycles. The summed E-state index contributed by atoms with van der Waals surface area (Å²) in [6.45, 7) is 0.568. The summed E-state index contributed by atoms with van der Waals surface area (Å²) in [5.74, 6) is -0.154. The Morgan fingerprint density at radius 2 is 2.00 bits per heavy atom. The number of nitrogens with zero attached hydrogens (tertiary/aromatic N) is 1. The Morgan fingerprint density at radius 3 is 2.68 bits per heavy atom. The SMILES string of the molecule is Nc1cc(Br)ccc1C(=O)NCCc1ccncc1. The van der Waals surface area contributed by atoms with E-state index in [2.05, 4.69) is 26.2 Å². The van der Waals surface area contributed by atoms with Crippen LogP contribution in [0.25, 0.3) is 0 Å². The number of pyridine rings is 1. The molecule has 0 aliphatic rings. The predicted octanol–water partition coefficient (Wildman–Crippen LogP) is 2.40. The highest BCUT2D eigenvalue weighted by Crippen LogP contribution is 2.18. The van der Waals surface area contributed by atoms with E-state index in [9.17, 15) is 4.79 Å². The van der Waals surface area contributed by atoms with E-state index in [0.29, 0.717) is 17.8 Å². The molecule has 0 aliphatic heterocycles. The van der Waals surface area contributed by atoms with Gasteiger partial charge in [-0.05, 0) is 42.3 Å². The van der Waals surface area contributed by atoms with Crippen molar-refractivity contribution >= 4 is 27.5 Å². The molecule has 3 N–H and O–H groups in total. The van der Waals surface area contributed by atoms with Gasteiger partial charge in [-0.25, -0.2) is 0 Å². The molecule has 1 amide bonds. The molecule has 0 saturated heterocycles. The lowest BCUT2D eigenvalue weighted by Gasteiger charge is -2.07. The van der Waals surface area contributed by atoms with E-state index < -0.39 is 0 Å². The maximum atomic E-state index is 11.9. The van der Waals surface area contributed by atoms with Crippen molar-refractivity contribution in [2.45, 2.75) is 6.42 Å². The van der Waals surface area contributed by atoms with Gasteiger partial charge in [0.15, 0.2) is 0 Å². The second-order valence-corrected chi connectivity index (χ2v) is 5.01. The topological polar surface area (TPSA) is 68.0 Å². The summed E-state index contributed by atoms with van der Waals surface area (Å²) in [6, 6.07) is 9.09. The van der Waals surface area contributed by atoms with Gasteiger partial charge in [-0.1, -0.05) is 15.9 Å². The van der Waals surface area contributed by atoms with Gasteiger partial charge in [0.05, 0.1) is 5.56 Å². The third-order valence-corrected chi connectivity index (χ3v) is 3.20. The molecule has 1 aromatic carbocycles. The molecule has 0 fully saturated rings. The highest BCUT2D eigenvalue weighted by atomic mass is 79.9. The van der Waals surface area contributed by atoms with Gasteiger partial charge in [0, 0.05) is 29.1 Å². The monoisotopic (exact) mass is 319 g/mol. The quantitative estimate of drug-likeness (QED) is 0.850. The number of halogens is 1. The minimum absolute atomic E-state index is 0.154. The lowest BCUT2D eigenvalue weighted by molar-refractivity contribution is 0.0955. The number of nitrogens with two attached hydrogens (primary N) is 1. The van der Waals surface area contributed by atoms with Gasteiger partial charge in [-0.2, -0.15) is 0 Å². The van der Waals surface area contributed by atoms with Gasteiger partial charge in [0.25, 0.3) is 5.91 Å². The number of benzene rings is 1. The molecular weight excluding hydrogens is 306 g/mol. The van der Waals surface area contributed by atoms with Gasteiger partial charge < -0.3 is 11.1 Å². The van der Waals surface area contributed by atoms with Crippen LogP contribution in [0.1, 0.15) is 15.9 Å². The Labute approximate surface area is 120 Å². The van der Waals surface area contributed by atoms with Crippen LogP contribution in [-0.2, 0) is 6.42 Å². The molecule has 0 radical (unpaired) electrons. The minimum Gasteiger partial charge on any atom is -0.398 e. The highest BCUT2D eigenvalue weighted by Gasteiger charge is 2.08. The summed E-state index contributed by atoms with van der Waals surface area (Å²) in [4.78, 5) is 15.9. The lowest BCUT2D eigenvalue weighted by atomic mass is 10.1. The first-order valence-corrected chi connectivity index (χ1v) is 6.68. The fraction of sp³-hybridized carbons (Fsp3) is 0.143. The molecule has 0 spiro atoms. The minimum atomic E-state index is -0.154. The fourth-order valence-corrected chi connectivity index (χ4v) is 2.08. The zero-order valence-corrected chi connectivity index (χ0v) is 11.9. The van der Waals surface area contributed by atoms with Gasteiger partial charge in [-0.3, -0.25) is 9.78 Å². The summed E-state index contributed by atoms with van der Waals surface area (Å²) in [5.41, 5.74) is 7.91. The van der Waals surface area contributed by atoms with Crippen LogP contribution in [0.2, 0.25) is 0 Å². The normalized spacial score (nSPS) is 10.2. The molecule has 1 heterocycles. The molecule has 4 nitrogen and oxygen atoms in total. The van der Waals surface area contributed by atoms with Crippen LogP contribution in [0.5, 0.6) is 0 Å². The predicted molar refractivity (Wildman–Crippen MR) is 78.8 cm³/mol. The molecule has 0 bridgehead atoms. The second-order valence-electron chi connectivity index (χ2n) is 4.09. The Kier molecular flexibility index (Phi) is 4.52. The standard InChI is InChI=1S/C14H14BrN3O/c15-11-1-2-12(13(16)9-11)14(19)18-8-5-10-3-6-17-7-4-10/h1-4,6-7,9H,5,8,16H2,(H,18,19). The molecular formula is C14H14BrN3O. The van der Waals surface area contributed by atoms with Crippen LogP contribution in [0, 0.1) is 0 Å². The number of nitrogens with one attached hydrogen (secondary N) is 1. The first kappa shape index (κ1) is 13.5. The number of hydrogen-bond acceptors (Lipinski definition) is 3. The molecule has 98 valence electrons. The maximum absolute atomic E-state index is 11.9. The van der Waals surface area contributed by atoms with Crippen molar-refractivity contribution in [1.29, 1.82) is 0 Å². The second kappa shape index (κ2) is 6.33. The van der Waals surface area contributed by atoms with Crippen molar-refractivity contribution in [2.75, 3.05) is 12.3 Å². The first-order valence-electron chi connectivity index (χ1n) is 5.89. The van der Waals surface area contributed by atoms with Crippen LogP contribution in [0.3, 0.4) is 0 Å². The molecule has 0 saturated carbocycles. The first-order chi connectivity index (χ1) is 9.16. The van der Waals surface area contributed by atoms with E-state index in [-0.39, 0.29) is 5.91 Å². The Bertz CT molecular complexity index is 572. The lowest BCUT2D eigenvalue weighted by Crippen LogP contribution is -2.26. The Balaban J connectivity index is 1.91. The van der Waals surface area contributed by atoms with Crippen molar-refractivity contribution in [1.82, 2.24) is 10.3 Å². The van der Waals surface area contributed by atoms with Crippen LogP contribution in [0.4, 0.5) is 5.69 Å². The average Bonchev–Trinajstić information content (AvgIpc) is 2.39. The number of carbonyl (C=O) groups is 1. The largest absolute Gasteiger partial charge is 0.398 e. The van der Waals surface area contributed by atoms with Gasteiger partial charge in [0.2, 0.25) is 0 Å². The van der Waals surface area contributed by atoms with Gasteiger partial charge in [-0.15, -0.1) is 0 Å². The van der Waals surface area contributed by atoms with E-state index >= 15 is 0 Å². The van der Waals surface area contributed by atoms with E-state index in [0.717, 1.165) is 16.5 Å². The van der Waals surface area contributed by atoms with Crippen molar-refractivity contribution in [3.63, 3.8) is 0 Å². The summed E-state index contributed by atoms with van der Waals surface area (Å²) in [6.07, 6.45) is 4.25. The van der Waals surface area contributed by atoms with Crippen LogP contribution >= 0.6 is 15.9 Å². The van der Waals surface area contributed by atoms with E-state index in [1.54, 1.807) is 30.6 Å². The van der Waals surface area contributed by atoms with Crippen molar-refractivity contribution in [3.05, 3.63) is 58.3 Å². The summed E-state index contributed by atoms with van der Waals surface area (Å²) < 4.78 is 0.860. The zero-order chi connectivity index (χ0) is 13.7. The van der Waals surface area contributed by atoms with Gasteiger partial charge >= 0.3 is 0 Å². The number of anilines is 1. The number of aromatic nitrogens is 1. The third kappa shape index (κ3) is 3.79. The van der Waals surface area contributed by atoms with E-state index in [1.807, 2.05) is 12.1 Å². The Morgan fingerprint density at radius 1 is 1.26 bits per heavy atom. The molecule has 19 heavy (non-hydrogen) atoms. The highest BCUT2D eigenvalue weighted by molar-refractivity contribution is 9.10. The van der Waals surface area contributed by atoms with Gasteiger partial charge in [0.1, 0.15) is 0 Å². The fourth-order valence-electron chi connectivity index (χ4n) is 1.71. The Hall–Kier alpha value is -1.88. The third-order valence-electron chi connectivity index (χ3n) is 2.71. The van der Waals surface area contributed by atoms with E-state index in [4.69, 9.17) is 5.73 Å². The molecule has 0 atom stereocenters. The molecule has 5 heteroatoms. The number of amides is 1. The zero-order valence-electron chi connectivity index (χ0n) is 10.3. The summed E-state index contributed by atoms with van der Waals surface area (Å²) in [7, 11) is 0. The molecule has 0 unspecified atom stereocenters. The van der Waals surface area contributed by atoms with Crippen LogP contribution in [0.15, 0.2) is 47.2 Å². The number of carbonyl (C=O) groups excluding carboxylic acids is 1. The number of nitrogen functional groups attached to an aromatic ring is 1. The van der Waals surface area contributed by atoms with E-state index in [1.165, 1.54) is 0 Å². The number of rotatable bonds is 4. The van der Waals surface area contributed by atoms with Crippen molar-refractivity contribution in [3.8, 4) is 0 Å². The maximum Gasteiger partial charge on any atom is 0.253 e. The molecule has 1 aromatic heterocycles. The van der Waals surface area contributed by atoms with Crippen molar-refractivity contribution in [2.24, 2.45) is 0 Å². The molecule has 2 aromatic rings.